The lowest BCUT2D eigenvalue weighted by Gasteiger charge is -2.38. The zero-order valence-electron chi connectivity index (χ0n) is 13.5. The number of anilines is 1. The van der Waals surface area contributed by atoms with E-state index in [1.807, 2.05) is 4.90 Å². The number of nitro groups is 1. The molecular weight excluding hydrogens is 320 g/mol. The van der Waals surface area contributed by atoms with Crippen LogP contribution < -0.4 is 10.0 Å². The molecule has 0 atom stereocenters. The van der Waals surface area contributed by atoms with Gasteiger partial charge in [-0.15, -0.1) is 0 Å². The largest absolute Gasteiger partial charge is 0.368 e. The maximum Gasteiger partial charge on any atom is 0.273 e. The van der Waals surface area contributed by atoms with E-state index in [-0.39, 0.29) is 10.6 Å². The average molecular weight is 342 g/mol. The summed E-state index contributed by atoms with van der Waals surface area (Å²) in [5.41, 5.74) is 0.626. The van der Waals surface area contributed by atoms with Crippen LogP contribution in [0.2, 0.25) is 0 Å². The van der Waals surface area contributed by atoms with Crippen molar-refractivity contribution in [1.82, 2.24) is 4.90 Å². The van der Waals surface area contributed by atoms with Crippen LogP contribution in [-0.4, -0.2) is 50.5 Å². The number of nitro benzene ring substituents is 1. The molecule has 0 amide bonds. The SMILES string of the molecule is Cc1cc(N2CCN(C(C)C)CC2)c(S(N)(=O)=O)cc1[N+](=O)[O-]. The summed E-state index contributed by atoms with van der Waals surface area (Å²) in [5.74, 6) is 0. The molecule has 0 bridgehead atoms. The van der Waals surface area contributed by atoms with Gasteiger partial charge in [0.25, 0.3) is 5.69 Å². The molecule has 0 spiro atoms. The summed E-state index contributed by atoms with van der Waals surface area (Å²) in [6, 6.07) is 3.03. The third-order valence-corrected chi connectivity index (χ3v) is 5.11. The monoisotopic (exact) mass is 342 g/mol. The van der Waals surface area contributed by atoms with Crippen LogP contribution in [0.25, 0.3) is 0 Å². The summed E-state index contributed by atoms with van der Waals surface area (Å²) in [5, 5.41) is 16.3. The molecule has 9 heteroatoms. The topological polar surface area (TPSA) is 110 Å². The van der Waals surface area contributed by atoms with Crippen LogP contribution in [0.4, 0.5) is 11.4 Å². The predicted molar refractivity (Wildman–Crippen MR) is 88.1 cm³/mol. The Kier molecular flexibility index (Phi) is 4.92. The van der Waals surface area contributed by atoms with Crippen molar-refractivity contribution < 1.29 is 13.3 Å². The second-order valence-corrected chi connectivity index (χ2v) is 7.56. The van der Waals surface area contributed by atoms with Crippen molar-refractivity contribution in [3.05, 3.63) is 27.8 Å². The molecule has 0 radical (unpaired) electrons. The maximum absolute atomic E-state index is 11.9. The van der Waals surface area contributed by atoms with Gasteiger partial charge < -0.3 is 4.90 Å². The molecule has 0 saturated carbocycles. The van der Waals surface area contributed by atoms with Gasteiger partial charge >= 0.3 is 0 Å². The number of nitrogens with zero attached hydrogens (tertiary/aromatic N) is 3. The second kappa shape index (κ2) is 6.42. The average Bonchev–Trinajstić information content (AvgIpc) is 2.45. The van der Waals surface area contributed by atoms with E-state index in [0.29, 0.717) is 30.4 Å². The van der Waals surface area contributed by atoms with Crippen molar-refractivity contribution in [3.8, 4) is 0 Å². The fraction of sp³-hybridized carbons (Fsp3) is 0.571. The van der Waals surface area contributed by atoms with E-state index in [4.69, 9.17) is 5.14 Å². The van der Waals surface area contributed by atoms with E-state index in [2.05, 4.69) is 18.7 Å². The molecule has 128 valence electrons. The van der Waals surface area contributed by atoms with Crippen molar-refractivity contribution in [3.63, 3.8) is 0 Å². The first-order chi connectivity index (χ1) is 10.6. The lowest BCUT2D eigenvalue weighted by Crippen LogP contribution is -2.49. The summed E-state index contributed by atoms with van der Waals surface area (Å²) < 4.78 is 23.7. The van der Waals surface area contributed by atoms with Crippen molar-refractivity contribution in [2.75, 3.05) is 31.1 Å². The Morgan fingerprint density at radius 2 is 1.78 bits per heavy atom. The molecule has 0 aromatic heterocycles. The first kappa shape index (κ1) is 17.6. The van der Waals surface area contributed by atoms with Crippen LogP contribution in [0.1, 0.15) is 19.4 Å². The number of hydrogen-bond donors (Lipinski definition) is 1. The summed E-state index contributed by atoms with van der Waals surface area (Å²) >= 11 is 0. The molecule has 0 aliphatic carbocycles. The van der Waals surface area contributed by atoms with Gasteiger partial charge in [0.1, 0.15) is 4.90 Å². The quantitative estimate of drug-likeness (QED) is 0.648. The molecule has 1 aliphatic heterocycles. The van der Waals surface area contributed by atoms with Gasteiger partial charge in [0, 0.05) is 43.9 Å². The number of nitrogens with two attached hydrogens (primary N) is 1. The van der Waals surface area contributed by atoms with Gasteiger partial charge in [-0.3, -0.25) is 15.0 Å². The van der Waals surface area contributed by atoms with Gasteiger partial charge in [-0.05, 0) is 26.8 Å². The third-order valence-electron chi connectivity index (χ3n) is 4.17. The summed E-state index contributed by atoms with van der Waals surface area (Å²) in [4.78, 5) is 14.5. The first-order valence-corrected chi connectivity index (χ1v) is 8.96. The minimum atomic E-state index is -4.05. The number of rotatable bonds is 4. The smallest absolute Gasteiger partial charge is 0.273 e. The number of aryl methyl sites for hydroxylation is 1. The van der Waals surface area contributed by atoms with Crippen LogP contribution in [0, 0.1) is 17.0 Å². The summed E-state index contributed by atoms with van der Waals surface area (Å²) in [6.07, 6.45) is 0. The highest BCUT2D eigenvalue weighted by atomic mass is 32.2. The molecule has 1 aromatic rings. The molecule has 2 N–H and O–H groups in total. The van der Waals surface area contributed by atoms with E-state index < -0.39 is 14.9 Å². The Labute approximate surface area is 136 Å². The van der Waals surface area contributed by atoms with Crippen LogP contribution in [0.3, 0.4) is 0 Å². The van der Waals surface area contributed by atoms with E-state index >= 15 is 0 Å². The molecule has 1 aliphatic rings. The predicted octanol–water partition coefficient (Wildman–Crippen LogP) is 1.08. The zero-order chi connectivity index (χ0) is 17.4. The van der Waals surface area contributed by atoms with Gasteiger partial charge in [0.2, 0.25) is 10.0 Å². The van der Waals surface area contributed by atoms with Crippen molar-refractivity contribution >= 4 is 21.4 Å². The molecule has 1 aromatic carbocycles. The van der Waals surface area contributed by atoms with E-state index in [1.54, 1.807) is 13.0 Å². The van der Waals surface area contributed by atoms with Crippen molar-refractivity contribution in [2.24, 2.45) is 5.14 Å². The number of sulfonamides is 1. The van der Waals surface area contributed by atoms with Crippen LogP contribution in [0.5, 0.6) is 0 Å². The van der Waals surface area contributed by atoms with Crippen molar-refractivity contribution in [2.45, 2.75) is 31.7 Å². The molecule has 0 unspecified atom stereocenters. The summed E-state index contributed by atoms with van der Waals surface area (Å²) in [6.45, 7) is 8.73. The minimum absolute atomic E-state index is 0.187. The van der Waals surface area contributed by atoms with E-state index in [9.17, 15) is 18.5 Å². The van der Waals surface area contributed by atoms with Crippen LogP contribution >= 0.6 is 0 Å². The lowest BCUT2D eigenvalue weighted by molar-refractivity contribution is -0.385. The number of benzene rings is 1. The van der Waals surface area contributed by atoms with Gasteiger partial charge in [0.15, 0.2) is 0 Å². The highest BCUT2D eigenvalue weighted by molar-refractivity contribution is 7.89. The van der Waals surface area contributed by atoms with Crippen LogP contribution in [0.15, 0.2) is 17.0 Å². The lowest BCUT2D eigenvalue weighted by atomic mass is 10.1. The normalized spacial score (nSPS) is 16.8. The Morgan fingerprint density at radius 3 is 2.22 bits per heavy atom. The van der Waals surface area contributed by atoms with Gasteiger partial charge in [-0.1, -0.05) is 0 Å². The van der Waals surface area contributed by atoms with Gasteiger partial charge in [-0.25, -0.2) is 13.6 Å². The molecule has 8 nitrogen and oxygen atoms in total. The molecular formula is C14H22N4O4S. The second-order valence-electron chi connectivity index (χ2n) is 6.03. The zero-order valence-corrected chi connectivity index (χ0v) is 14.3. The number of hydrogen-bond acceptors (Lipinski definition) is 6. The highest BCUT2D eigenvalue weighted by Crippen LogP contribution is 2.32. The van der Waals surface area contributed by atoms with E-state index in [0.717, 1.165) is 19.2 Å². The van der Waals surface area contributed by atoms with Gasteiger partial charge in [-0.2, -0.15) is 0 Å². The van der Waals surface area contributed by atoms with Gasteiger partial charge in [0.05, 0.1) is 10.6 Å². The Hall–Kier alpha value is -1.71. The standard InChI is InChI=1S/C14H22N4O4S/c1-10(2)16-4-6-17(7-5-16)13-8-11(3)12(18(19)20)9-14(13)23(15,21)22/h8-10H,4-7H2,1-3H3,(H2,15,21,22). The number of primary sulfonamides is 1. The molecule has 1 heterocycles. The fourth-order valence-electron chi connectivity index (χ4n) is 2.81. The fourth-order valence-corrected chi connectivity index (χ4v) is 3.57. The Morgan fingerprint density at radius 1 is 1.22 bits per heavy atom. The maximum atomic E-state index is 11.9. The highest BCUT2D eigenvalue weighted by Gasteiger charge is 2.27. The van der Waals surface area contributed by atoms with E-state index in [1.165, 1.54) is 0 Å². The Balaban J connectivity index is 2.43. The minimum Gasteiger partial charge on any atom is -0.368 e. The molecule has 23 heavy (non-hydrogen) atoms. The van der Waals surface area contributed by atoms with Crippen LogP contribution in [-0.2, 0) is 10.0 Å². The Bertz CT molecular complexity index is 710. The summed E-state index contributed by atoms with van der Waals surface area (Å²) in [7, 11) is -4.05. The first-order valence-electron chi connectivity index (χ1n) is 7.42. The molecule has 2 rings (SSSR count). The molecule has 1 saturated heterocycles. The van der Waals surface area contributed by atoms with Crippen molar-refractivity contribution in [1.29, 1.82) is 0 Å². The number of piperazine rings is 1. The third kappa shape index (κ3) is 3.80. The molecule has 1 fully saturated rings.